The van der Waals surface area contributed by atoms with Crippen LogP contribution in [0.25, 0.3) is 10.8 Å². The van der Waals surface area contributed by atoms with Gasteiger partial charge in [0.2, 0.25) is 17.7 Å². The number of benzene rings is 2. The molecule has 2 aromatic rings. The molecule has 0 radical (unpaired) electrons. The van der Waals surface area contributed by atoms with Gasteiger partial charge in [0.1, 0.15) is 12.1 Å². The molecule has 1 heterocycles. The van der Waals surface area contributed by atoms with Crippen molar-refractivity contribution in [3.8, 4) is 0 Å². The van der Waals surface area contributed by atoms with E-state index in [0.29, 0.717) is 32.5 Å². The Bertz CT molecular complexity index is 1060. The van der Waals surface area contributed by atoms with E-state index in [9.17, 15) is 14.4 Å². The summed E-state index contributed by atoms with van der Waals surface area (Å²) in [5.74, 6) is -0.614. The molecule has 196 valence electrons. The number of rotatable bonds is 10. The van der Waals surface area contributed by atoms with Crippen LogP contribution in [-0.2, 0) is 25.5 Å². The van der Waals surface area contributed by atoms with Crippen LogP contribution in [0.15, 0.2) is 42.5 Å². The number of carbonyl (C=O) groups is 3. The molecule has 1 saturated heterocycles. The molecule has 0 aromatic heterocycles. The quantitative estimate of drug-likeness (QED) is 0.469. The fourth-order valence-electron chi connectivity index (χ4n) is 4.60. The lowest BCUT2D eigenvalue weighted by Gasteiger charge is -2.31. The zero-order chi connectivity index (χ0) is 26.3. The summed E-state index contributed by atoms with van der Waals surface area (Å²) in [6.45, 7) is 7.03. The maximum Gasteiger partial charge on any atom is 0.243 e. The van der Waals surface area contributed by atoms with Crippen molar-refractivity contribution in [2.45, 2.75) is 58.2 Å². The normalized spacial score (nSPS) is 17.6. The van der Waals surface area contributed by atoms with E-state index in [4.69, 9.17) is 4.74 Å². The monoisotopic (exact) mass is 496 g/mol. The van der Waals surface area contributed by atoms with Gasteiger partial charge in [-0.1, -0.05) is 63.2 Å². The minimum atomic E-state index is -0.780. The molecule has 8 nitrogen and oxygen atoms in total. The highest BCUT2D eigenvalue weighted by atomic mass is 16.5. The first-order chi connectivity index (χ1) is 17.1. The third-order valence-corrected chi connectivity index (χ3v) is 6.61. The fraction of sp³-hybridized carbons (Fsp3) is 0.536. The predicted octanol–water partition coefficient (Wildman–Crippen LogP) is 2.25. The molecule has 3 rings (SSSR count). The lowest BCUT2D eigenvalue weighted by molar-refractivity contribution is -0.145. The van der Waals surface area contributed by atoms with Crippen molar-refractivity contribution in [2.24, 2.45) is 5.41 Å². The molecule has 1 aliphatic heterocycles. The van der Waals surface area contributed by atoms with Gasteiger partial charge in [-0.25, -0.2) is 0 Å². The van der Waals surface area contributed by atoms with E-state index < -0.39 is 17.5 Å². The summed E-state index contributed by atoms with van der Waals surface area (Å²) in [7, 11) is 3.42. The average Bonchev–Trinajstić information content (AvgIpc) is 3.34. The van der Waals surface area contributed by atoms with Gasteiger partial charge in [-0.15, -0.1) is 0 Å². The Morgan fingerprint density at radius 2 is 1.81 bits per heavy atom. The van der Waals surface area contributed by atoms with Crippen LogP contribution >= 0.6 is 0 Å². The van der Waals surface area contributed by atoms with Gasteiger partial charge in [0, 0.05) is 38.6 Å². The summed E-state index contributed by atoms with van der Waals surface area (Å²) in [4.78, 5) is 41.3. The van der Waals surface area contributed by atoms with Crippen molar-refractivity contribution in [1.29, 1.82) is 0 Å². The number of likely N-dealkylation sites (N-methyl/N-ethyl adjacent to an activating group) is 1. The first-order valence-corrected chi connectivity index (χ1v) is 12.7. The van der Waals surface area contributed by atoms with E-state index in [2.05, 4.69) is 16.0 Å². The van der Waals surface area contributed by atoms with Crippen LogP contribution in [0.5, 0.6) is 0 Å². The molecule has 3 unspecified atom stereocenters. The van der Waals surface area contributed by atoms with Crippen LogP contribution < -0.4 is 16.0 Å². The molecule has 36 heavy (non-hydrogen) atoms. The highest BCUT2D eigenvalue weighted by Gasteiger charge is 2.39. The van der Waals surface area contributed by atoms with Gasteiger partial charge in [0.15, 0.2) is 0 Å². The molecular weight excluding hydrogens is 456 g/mol. The van der Waals surface area contributed by atoms with Gasteiger partial charge in [0.05, 0.1) is 6.10 Å². The van der Waals surface area contributed by atoms with E-state index in [1.54, 1.807) is 12.0 Å². The maximum atomic E-state index is 13.4. The number of carbonyl (C=O) groups excluding carboxylic acids is 3. The van der Waals surface area contributed by atoms with Crippen molar-refractivity contribution in [3.63, 3.8) is 0 Å². The highest BCUT2D eigenvalue weighted by molar-refractivity contribution is 5.93. The second-order valence-corrected chi connectivity index (χ2v) is 10.5. The Labute approximate surface area is 214 Å². The van der Waals surface area contributed by atoms with Crippen molar-refractivity contribution < 1.29 is 19.1 Å². The molecule has 2 aromatic carbocycles. The standard InChI is InChI=1S/C28H40N4O4/c1-28(2,3)27(35)32-14-8-11-24(32)26(34)31-23(25(33)30-18-22(36-5)17-29-4)16-19-12-13-20-9-6-7-10-21(20)15-19/h6-7,9-10,12-13,15,22-24,29H,8,11,14,16-18H2,1-5H3,(H,30,33)(H,31,34). The summed E-state index contributed by atoms with van der Waals surface area (Å²) in [5.41, 5.74) is 0.370. The molecule has 1 fully saturated rings. The number of nitrogens with one attached hydrogen (secondary N) is 3. The number of fused-ring (bicyclic) bond motifs is 1. The summed E-state index contributed by atoms with van der Waals surface area (Å²) in [6, 6.07) is 12.7. The predicted molar refractivity (Wildman–Crippen MR) is 142 cm³/mol. The third-order valence-electron chi connectivity index (χ3n) is 6.61. The van der Waals surface area contributed by atoms with E-state index in [1.165, 1.54) is 0 Å². The molecular formula is C28H40N4O4. The van der Waals surface area contributed by atoms with Crippen LogP contribution in [-0.4, -0.2) is 74.6 Å². The topological polar surface area (TPSA) is 99.8 Å². The van der Waals surface area contributed by atoms with Gasteiger partial charge in [-0.05, 0) is 36.2 Å². The zero-order valence-corrected chi connectivity index (χ0v) is 22.1. The minimum absolute atomic E-state index is 0.0503. The number of hydrogen-bond acceptors (Lipinski definition) is 5. The smallest absolute Gasteiger partial charge is 0.243 e. The number of likely N-dealkylation sites (tertiary alicyclic amines) is 1. The molecule has 0 saturated carbocycles. The van der Waals surface area contributed by atoms with Crippen molar-refractivity contribution in [2.75, 3.05) is 33.8 Å². The summed E-state index contributed by atoms with van der Waals surface area (Å²) >= 11 is 0. The molecule has 0 aliphatic carbocycles. The lowest BCUT2D eigenvalue weighted by Crippen LogP contribution is -2.55. The van der Waals surface area contributed by atoms with Crippen LogP contribution in [0, 0.1) is 5.41 Å². The summed E-state index contributed by atoms with van der Waals surface area (Å²) < 4.78 is 5.41. The number of amides is 3. The van der Waals surface area contributed by atoms with Crippen molar-refractivity contribution in [1.82, 2.24) is 20.9 Å². The van der Waals surface area contributed by atoms with Crippen LogP contribution in [0.1, 0.15) is 39.2 Å². The minimum Gasteiger partial charge on any atom is -0.378 e. The number of ether oxygens (including phenoxy) is 1. The lowest BCUT2D eigenvalue weighted by atomic mass is 9.94. The number of hydrogen-bond donors (Lipinski definition) is 3. The fourth-order valence-corrected chi connectivity index (χ4v) is 4.60. The second kappa shape index (κ2) is 12.3. The Balaban J connectivity index is 1.78. The van der Waals surface area contributed by atoms with E-state index in [0.717, 1.165) is 22.8 Å². The van der Waals surface area contributed by atoms with Crippen LogP contribution in [0.4, 0.5) is 0 Å². The first-order valence-electron chi connectivity index (χ1n) is 12.7. The molecule has 0 bridgehead atoms. The first kappa shape index (κ1) is 27.6. The molecule has 1 aliphatic rings. The number of methoxy groups -OCH3 is 1. The number of nitrogens with zero attached hydrogens (tertiary/aromatic N) is 1. The van der Waals surface area contributed by atoms with E-state index in [1.807, 2.05) is 70.3 Å². The SMILES string of the molecule is CNCC(CNC(=O)C(Cc1ccc2ccccc2c1)NC(=O)C1CCCN1C(=O)C(C)(C)C)OC. The molecule has 3 atom stereocenters. The molecule has 3 N–H and O–H groups in total. The van der Waals surface area contributed by atoms with Gasteiger partial charge in [0.25, 0.3) is 0 Å². The van der Waals surface area contributed by atoms with Crippen LogP contribution in [0.3, 0.4) is 0 Å². The van der Waals surface area contributed by atoms with Gasteiger partial charge in [-0.3, -0.25) is 14.4 Å². The van der Waals surface area contributed by atoms with Gasteiger partial charge >= 0.3 is 0 Å². The van der Waals surface area contributed by atoms with E-state index in [-0.39, 0.29) is 23.8 Å². The maximum absolute atomic E-state index is 13.4. The van der Waals surface area contributed by atoms with Gasteiger partial charge in [-0.2, -0.15) is 0 Å². The van der Waals surface area contributed by atoms with Crippen molar-refractivity contribution >= 4 is 28.5 Å². The second-order valence-electron chi connectivity index (χ2n) is 10.5. The Morgan fingerprint density at radius 1 is 1.08 bits per heavy atom. The van der Waals surface area contributed by atoms with Crippen LogP contribution in [0.2, 0.25) is 0 Å². The molecule has 3 amide bonds. The highest BCUT2D eigenvalue weighted by Crippen LogP contribution is 2.26. The Hall–Kier alpha value is -2.97. The third kappa shape index (κ3) is 7.04. The average molecular weight is 497 g/mol. The van der Waals surface area contributed by atoms with Gasteiger partial charge < -0.3 is 25.6 Å². The largest absolute Gasteiger partial charge is 0.378 e. The van der Waals surface area contributed by atoms with Crippen molar-refractivity contribution in [3.05, 3.63) is 48.0 Å². The summed E-state index contributed by atoms with van der Waals surface area (Å²) in [6.07, 6.45) is 1.50. The van der Waals surface area contributed by atoms with E-state index >= 15 is 0 Å². The summed E-state index contributed by atoms with van der Waals surface area (Å²) in [5, 5.41) is 11.1. The molecule has 8 heteroatoms. The zero-order valence-electron chi connectivity index (χ0n) is 22.1. The Kier molecular flexibility index (Phi) is 9.45. The molecule has 0 spiro atoms. The Morgan fingerprint density at radius 3 is 2.47 bits per heavy atom.